The standard InChI is InChI=1S/C13H18O4/c1-10(13(14)16-3)11-6-4-5-7-12(11)17-9-8-15-2/h4-7,10H,8-9H2,1-3H3. The normalized spacial score (nSPS) is 11.9. The Morgan fingerprint density at radius 2 is 1.94 bits per heavy atom. The van der Waals surface area contributed by atoms with Gasteiger partial charge in [-0.25, -0.2) is 0 Å². The molecule has 0 fully saturated rings. The quantitative estimate of drug-likeness (QED) is 0.561. The van der Waals surface area contributed by atoms with Crippen LogP contribution in [0.4, 0.5) is 0 Å². The second-order valence-electron chi connectivity index (χ2n) is 3.62. The highest BCUT2D eigenvalue weighted by molar-refractivity contribution is 5.78. The number of para-hydroxylation sites is 1. The number of hydrogen-bond donors (Lipinski definition) is 0. The molecule has 17 heavy (non-hydrogen) atoms. The maximum absolute atomic E-state index is 11.5. The van der Waals surface area contributed by atoms with Crippen LogP contribution < -0.4 is 4.74 Å². The van der Waals surface area contributed by atoms with Crippen molar-refractivity contribution in [2.75, 3.05) is 27.4 Å². The molecular formula is C13H18O4. The van der Waals surface area contributed by atoms with E-state index in [0.29, 0.717) is 19.0 Å². The van der Waals surface area contributed by atoms with Gasteiger partial charge in [0.05, 0.1) is 19.6 Å². The molecule has 0 aliphatic carbocycles. The van der Waals surface area contributed by atoms with E-state index < -0.39 is 0 Å². The van der Waals surface area contributed by atoms with Crippen LogP contribution in [0.2, 0.25) is 0 Å². The number of methoxy groups -OCH3 is 2. The molecule has 1 aromatic rings. The summed E-state index contributed by atoms with van der Waals surface area (Å²) < 4.78 is 15.2. The molecule has 0 bridgehead atoms. The fourth-order valence-electron chi connectivity index (χ4n) is 1.51. The number of benzene rings is 1. The zero-order valence-electron chi connectivity index (χ0n) is 10.4. The largest absolute Gasteiger partial charge is 0.491 e. The Balaban J connectivity index is 2.79. The Labute approximate surface area is 101 Å². The Hall–Kier alpha value is -1.55. The maximum Gasteiger partial charge on any atom is 0.312 e. The molecule has 0 aromatic heterocycles. The lowest BCUT2D eigenvalue weighted by Crippen LogP contribution is -2.13. The van der Waals surface area contributed by atoms with Gasteiger partial charge in [0, 0.05) is 12.7 Å². The van der Waals surface area contributed by atoms with Crippen molar-refractivity contribution in [3.63, 3.8) is 0 Å². The average Bonchev–Trinajstić information content (AvgIpc) is 2.38. The predicted octanol–water partition coefficient (Wildman–Crippen LogP) is 1.99. The van der Waals surface area contributed by atoms with Crippen molar-refractivity contribution in [1.29, 1.82) is 0 Å². The SMILES string of the molecule is COCCOc1ccccc1C(C)C(=O)OC. The van der Waals surface area contributed by atoms with Gasteiger partial charge in [0.15, 0.2) is 0 Å². The molecule has 0 amide bonds. The molecule has 94 valence electrons. The molecule has 1 atom stereocenters. The minimum Gasteiger partial charge on any atom is -0.491 e. The van der Waals surface area contributed by atoms with E-state index in [9.17, 15) is 4.79 Å². The summed E-state index contributed by atoms with van der Waals surface area (Å²) in [6, 6.07) is 7.45. The summed E-state index contributed by atoms with van der Waals surface area (Å²) in [5, 5.41) is 0. The van der Waals surface area contributed by atoms with Crippen molar-refractivity contribution in [3.05, 3.63) is 29.8 Å². The first kappa shape index (κ1) is 13.5. The molecule has 1 rings (SSSR count). The van der Waals surface area contributed by atoms with E-state index in [1.807, 2.05) is 24.3 Å². The molecule has 4 nitrogen and oxygen atoms in total. The van der Waals surface area contributed by atoms with Crippen LogP contribution in [0.3, 0.4) is 0 Å². The lowest BCUT2D eigenvalue weighted by atomic mass is 10.0. The number of esters is 1. The number of hydrogen-bond acceptors (Lipinski definition) is 4. The summed E-state index contributed by atoms with van der Waals surface area (Å²) in [5.74, 6) is 0.0917. The molecule has 0 radical (unpaired) electrons. The third kappa shape index (κ3) is 3.75. The van der Waals surface area contributed by atoms with Gasteiger partial charge >= 0.3 is 5.97 Å². The number of ether oxygens (including phenoxy) is 3. The van der Waals surface area contributed by atoms with Crippen LogP contribution >= 0.6 is 0 Å². The average molecular weight is 238 g/mol. The molecule has 1 aromatic carbocycles. The molecule has 0 aliphatic heterocycles. The topological polar surface area (TPSA) is 44.8 Å². The molecule has 0 N–H and O–H groups in total. The lowest BCUT2D eigenvalue weighted by Gasteiger charge is -2.15. The number of rotatable bonds is 6. The third-order valence-corrected chi connectivity index (χ3v) is 2.49. The second-order valence-corrected chi connectivity index (χ2v) is 3.62. The first-order valence-corrected chi connectivity index (χ1v) is 5.49. The van der Waals surface area contributed by atoms with Crippen molar-refractivity contribution >= 4 is 5.97 Å². The summed E-state index contributed by atoms with van der Waals surface area (Å²) in [6.45, 7) is 2.77. The Morgan fingerprint density at radius 1 is 1.24 bits per heavy atom. The van der Waals surface area contributed by atoms with Crippen LogP contribution in [0.5, 0.6) is 5.75 Å². The van der Waals surface area contributed by atoms with Crippen LogP contribution in [0.25, 0.3) is 0 Å². The van der Waals surface area contributed by atoms with E-state index in [1.165, 1.54) is 7.11 Å². The molecule has 1 unspecified atom stereocenters. The lowest BCUT2D eigenvalue weighted by molar-refractivity contribution is -0.142. The Bertz CT molecular complexity index is 362. The summed E-state index contributed by atoms with van der Waals surface area (Å²) in [6.07, 6.45) is 0. The van der Waals surface area contributed by atoms with Gasteiger partial charge in [-0.15, -0.1) is 0 Å². The van der Waals surface area contributed by atoms with Gasteiger partial charge in [-0.1, -0.05) is 18.2 Å². The van der Waals surface area contributed by atoms with Gasteiger partial charge in [0.25, 0.3) is 0 Å². The molecule has 0 aliphatic rings. The molecule has 0 spiro atoms. The molecule has 0 heterocycles. The number of carbonyl (C=O) groups excluding carboxylic acids is 1. The molecule has 0 saturated carbocycles. The van der Waals surface area contributed by atoms with E-state index in [1.54, 1.807) is 14.0 Å². The van der Waals surface area contributed by atoms with Crippen LogP contribution in [-0.4, -0.2) is 33.4 Å². The zero-order valence-corrected chi connectivity index (χ0v) is 10.4. The molecule has 4 heteroatoms. The van der Waals surface area contributed by atoms with Gasteiger partial charge in [-0.3, -0.25) is 4.79 Å². The highest BCUT2D eigenvalue weighted by Crippen LogP contribution is 2.27. The van der Waals surface area contributed by atoms with Crippen molar-refractivity contribution in [1.82, 2.24) is 0 Å². The summed E-state index contributed by atoms with van der Waals surface area (Å²) in [4.78, 5) is 11.5. The predicted molar refractivity (Wildman–Crippen MR) is 64.2 cm³/mol. The van der Waals surface area contributed by atoms with Crippen LogP contribution in [0, 0.1) is 0 Å². The van der Waals surface area contributed by atoms with Crippen LogP contribution in [0.1, 0.15) is 18.4 Å². The van der Waals surface area contributed by atoms with Crippen LogP contribution in [0.15, 0.2) is 24.3 Å². The minimum atomic E-state index is -0.334. The zero-order chi connectivity index (χ0) is 12.7. The fraction of sp³-hybridized carbons (Fsp3) is 0.462. The first-order valence-electron chi connectivity index (χ1n) is 5.49. The van der Waals surface area contributed by atoms with Gasteiger partial charge in [-0.2, -0.15) is 0 Å². The summed E-state index contributed by atoms with van der Waals surface area (Å²) >= 11 is 0. The highest BCUT2D eigenvalue weighted by atomic mass is 16.5. The van der Waals surface area contributed by atoms with E-state index in [0.717, 1.165) is 5.56 Å². The van der Waals surface area contributed by atoms with Gasteiger partial charge in [0.2, 0.25) is 0 Å². The second kappa shape index (κ2) is 6.91. The van der Waals surface area contributed by atoms with Crippen LogP contribution in [-0.2, 0) is 14.3 Å². The maximum atomic E-state index is 11.5. The first-order chi connectivity index (χ1) is 8.20. The van der Waals surface area contributed by atoms with Crippen molar-refractivity contribution in [2.24, 2.45) is 0 Å². The van der Waals surface area contributed by atoms with E-state index in [2.05, 4.69) is 0 Å². The third-order valence-electron chi connectivity index (χ3n) is 2.49. The minimum absolute atomic E-state index is 0.271. The van der Waals surface area contributed by atoms with E-state index >= 15 is 0 Å². The monoisotopic (exact) mass is 238 g/mol. The van der Waals surface area contributed by atoms with Crippen molar-refractivity contribution in [2.45, 2.75) is 12.8 Å². The van der Waals surface area contributed by atoms with Crippen molar-refractivity contribution in [3.8, 4) is 5.75 Å². The summed E-state index contributed by atoms with van der Waals surface area (Å²) in [7, 11) is 3.00. The molecule has 0 saturated heterocycles. The van der Waals surface area contributed by atoms with Crippen molar-refractivity contribution < 1.29 is 19.0 Å². The smallest absolute Gasteiger partial charge is 0.312 e. The van der Waals surface area contributed by atoms with Gasteiger partial charge in [0.1, 0.15) is 12.4 Å². The highest BCUT2D eigenvalue weighted by Gasteiger charge is 2.19. The fourth-order valence-corrected chi connectivity index (χ4v) is 1.51. The summed E-state index contributed by atoms with van der Waals surface area (Å²) in [5.41, 5.74) is 0.829. The Kier molecular flexibility index (Phi) is 5.49. The van der Waals surface area contributed by atoms with Gasteiger partial charge < -0.3 is 14.2 Å². The molecular weight excluding hydrogens is 220 g/mol. The van der Waals surface area contributed by atoms with E-state index in [4.69, 9.17) is 14.2 Å². The van der Waals surface area contributed by atoms with Gasteiger partial charge in [-0.05, 0) is 13.0 Å². The number of carbonyl (C=O) groups is 1. The Morgan fingerprint density at radius 3 is 2.59 bits per heavy atom. The van der Waals surface area contributed by atoms with E-state index in [-0.39, 0.29) is 11.9 Å².